The van der Waals surface area contributed by atoms with E-state index in [0.29, 0.717) is 11.5 Å². The van der Waals surface area contributed by atoms with Crippen LogP contribution in [0.1, 0.15) is 29.9 Å². The molecule has 0 aliphatic carbocycles. The summed E-state index contributed by atoms with van der Waals surface area (Å²) in [6.07, 6.45) is 1.95. The Morgan fingerprint density at radius 1 is 1.24 bits per heavy atom. The maximum Gasteiger partial charge on any atom is 0.306 e. The summed E-state index contributed by atoms with van der Waals surface area (Å²) in [6, 6.07) is 7.25. The highest BCUT2D eigenvalue weighted by Crippen LogP contribution is 2.29. The van der Waals surface area contributed by atoms with Crippen LogP contribution in [0.25, 0.3) is 0 Å². The fourth-order valence-corrected chi connectivity index (χ4v) is 3.02. The van der Waals surface area contributed by atoms with Crippen molar-refractivity contribution in [2.24, 2.45) is 0 Å². The van der Waals surface area contributed by atoms with Crippen molar-refractivity contribution in [3.8, 4) is 0 Å². The normalized spacial score (nSPS) is 18.2. The van der Waals surface area contributed by atoms with Crippen molar-refractivity contribution in [2.75, 3.05) is 13.1 Å². The molecular weight excluding hydrogens is 241 g/mol. The van der Waals surface area contributed by atoms with E-state index in [-0.39, 0.29) is 0 Å². The fourth-order valence-electron chi connectivity index (χ4n) is 2.38. The molecule has 0 radical (unpaired) electrons. The molecule has 0 spiro atoms. The second-order valence-electron chi connectivity index (χ2n) is 4.41. The number of hydrogen-bond acceptors (Lipinski definition) is 3. The van der Waals surface area contributed by atoms with Gasteiger partial charge in [0.15, 0.2) is 0 Å². The minimum absolute atomic E-state index is 0.342. The molecule has 0 amide bonds. The van der Waals surface area contributed by atoms with E-state index in [1.165, 1.54) is 0 Å². The molecule has 3 nitrogen and oxygen atoms in total. The standard InChI is InChI=1S/C12H16FNO2S/c13-17(15,16)9-11-3-1-2-4-12(11)10-5-7-14-8-6-10/h1-4,10,14H,5-9H2. The average molecular weight is 257 g/mol. The Hall–Kier alpha value is -0.940. The third-order valence-electron chi connectivity index (χ3n) is 3.16. The van der Waals surface area contributed by atoms with Gasteiger partial charge in [-0.25, -0.2) is 0 Å². The van der Waals surface area contributed by atoms with Gasteiger partial charge in [0.2, 0.25) is 0 Å². The molecule has 94 valence electrons. The van der Waals surface area contributed by atoms with Crippen molar-refractivity contribution >= 4 is 10.2 Å². The lowest BCUT2D eigenvalue weighted by molar-refractivity contribution is 0.458. The van der Waals surface area contributed by atoms with Gasteiger partial charge in [0.1, 0.15) is 5.75 Å². The second-order valence-corrected chi connectivity index (χ2v) is 5.77. The van der Waals surface area contributed by atoms with Gasteiger partial charge >= 0.3 is 10.2 Å². The summed E-state index contributed by atoms with van der Waals surface area (Å²) in [6.45, 7) is 1.86. The number of nitrogens with one attached hydrogen (secondary N) is 1. The first-order chi connectivity index (χ1) is 8.06. The average Bonchev–Trinajstić information content (AvgIpc) is 2.29. The Morgan fingerprint density at radius 3 is 2.53 bits per heavy atom. The fraction of sp³-hybridized carbons (Fsp3) is 0.500. The van der Waals surface area contributed by atoms with Crippen molar-refractivity contribution in [1.82, 2.24) is 5.32 Å². The molecule has 2 rings (SSSR count). The third kappa shape index (κ3) is 3.51. The molecular formula is C12H16FNO2S. The monoisotopic (exact) mass is 257 g/mol. The van der Waals surface area contributed by atoms with Crippen LogP contribution < -0.4 is 5.32 Å². The summed E-state index contributed by atoms with van der Waals surface area (Å²) < 4.78 is 34.3. The lowest BCUT2D eigenvalue weighted by Crippen LogP contribution is -2.27. The minimum atomic E-state index is -4.45. The molecule has 1 N–H and O–H groups in total. The van der Waals surface area contributed by atoms with Crippen LogP contribution in [0.15, 0.2) is 24.3 Å². The molecule has 1 heterocycles. The largest absolute Gasteiger partial charge is 0.317 e. The van der Waals surface area contributed by atoms with Crippen LogP contribution in [0.3, 0.4) is 0 Å². The molecule has 5 heteroatoms. The highest BCUT2D eigenvalue weighted by molar-refractivity contribution is 7.85. The molecule has 1 saturated heterocycles. The van der Waals surface area contributed by atoms with Crippen LogP contribution in [0.2, 0.25) is 0 Å². The summed E-state index contributed by atoms with van der Waals surface area (Å²) in [5.41, 5.74) is 1.58. The van der Waals surface area contributed by atoms with E-state index in [2.05, 4.69) is 5.32 Å². The van der Waals surface area contributed by atoms with E-state index in [1.807, 2.05) is 12.1 Å². The molecule has 1 fully saturated rings. The Bertz CT molecular complexity index is 481. The van der Waals surface area contributed by atoms with Gasteiger partial charge in [-0.1, -0.05) is 24.3 Å². The Kier molecular flexibility index (Phi) is 3.79. The lowest BCUT2D eigenvalue weighted by atomic mass is 9.87. The predicted molar refractivity (Wildman–Crippen MR) is 65.0 cm³/mol. The summed E-state index contributed by atoms with van der Waals surface area (Å²) in [5.74, 6) is -0.165. The molecule has 1 aromatic rings. The zero-order valence-corrected chi connectivity index (χ0v) is 10.3. The topological polar surface area (TPSA) is 46.2 Å². The van der Waals surface area contributed by atoms with E-state index in [4.69, 9.17) is 0 Å². The number of rotatable bonds is 3. The van der Waals surface area contributed by atoms with Gasteiger partial charge in [-0.15, -0.1) is 3.89 Å². The molecule has 17 heavy (non-hydrogen) atoms. The quantitative estimate of drug-likeness (QED) is 0.842. The van der Waals surface area contributed by atoms with Crippen molar-refractivity contribution in [1.29, 1.82) is 0 Å². The maximum atomic E-state index is 12.8. The SMILES string of the molecule is O=S(=O)(F)Cc1ccccc1C1CCNCC1. The highest BCUT2D eigenvalue weighted by Gasteiger charge is 2.20. The van der Waals surface area contributed by atoms with Crippen LogP contribution in [-0.4, -0.2) is 21.5 Å². The van der Waals surface area contributed by atoms with E-state index in [0.717, 1.165) is 31.5 Å². The van der Waals surface area contributed by atoms with Crippen LogP contribution in [-0.2, 0) is 16.0 Å². The van der Waals surface area contributed by atoms with E-state index in [1.54, 1.807) is 12.1 Å². The van der Waals surface area contributed by atoms with Crippen molar-refractivity contribution in [2.45, 2.75) is 24.5 Å². The molecule has 0 atom stereocenters. The summed E-state index contributed by atoms with van der Waals surface area (Å²) >= 11 is 0. The smallest absolute Gasteiger partial charge is 0.306 e. The number of halogens is 1. The van der Waals surface area contributed by atoms with Crippen LogP contribution >= 0.6 is 0 Å². The molecule has 0 unspecified atom stereocenters. The Labute approximate surface area is 101 Å². The van der Waals surface area contributed by atoms with Crippen LogP contribution in [0.4, 0.5) is 3.89 Å². The lowest BCUT2D eigenvalue weighted by Gasteiger charge is -2.24. The minimum Gasteiger partial charge on any atom is -0.317 e. The zero-order valence-electron chi connectivity index (χ0n) is 9.52. The molecule has 0 aromatic heterocycles. The molecule has 0 bridgehead atoms. The second kappa shape index (κ2) is 5.14. The van der Waals surface area contributed by atoms with Gasteiger partial charge in [0.05, 0.1) is 0 Å². The van der Waals surface area contributed by atoms with Gasteiger partial charge in [-0.2, -0.15) is 8.42 Å². The highest BCUT2D eigenvalue weighted by atomic mass is 32.3. The van der Waals surface area contributed by atoms with E-state index < -0.39 is 16.0 Å². The van der Waals surface area contributed by atoms with Crippen molar-refractivity contribution in [3.63, 3.8) is 0 Å². The number of hydrogen-bond donors (Lipinski definition) is 1. The maximum absolute atomic E-state index is 12.8. The first kappa shape index (κ1) is 12.5. The van der Waals surface area contributed by atoms with E-state index in [9.17, 15) is 12.3 Å². The first-order valence-electron chi connectivity index (χ1n) is 5.77. The molecule has 1 aliphatic rings. The van der Waals surface area contributed by atoms with Crippen LogP contribution in [0, 0.1) is 0 Å². The third-order valence-corrected chi connectivity index (χ3v) is 3.82. The van der Waals surface area contributed by atoms with E-state index >= 15 is 0 Å². The first-order valence-corrected chi connectivity index (χ1v) is 7.32. The Balaban J connectivity index is 2.26. The van der Waals surface area contributed by atoms with Gasteiger partial charge in [-0.3, -0.25) is 0 Å². The summed E-state index contributed by atoms with van der Waals surface area (Å²) in [4.78, 5) is 0. The zero-order chi connectivity index (χ0) is 12.3. The predicted octanol–water partition coefficient (Wildman–Crippen LogP) is 1.95. The summed E-state index contributed by atoms with van der Waals surface area (Å²) in [5, 5.41) is 3.26. The molecule has 1 aromatic carbocycles. The van der Waals surface area contributed by atoms with Crippen LogP contribution in [0.5, 0.6) is 0 Å². The van der Waals surface area contributed by atoms with Crippen molar-refractivity contribution < 1.29 is 12.3 Å². The Morgan fingerprint density at radius 2 is 1.88 bits per heavy atom. The summed E-state index contributed by atoms with van der Waals surface area (Å²) in [7, 11) is -4.45. The number of piperidine rings is 1. The van der Waals surface area contributed by atoms with Crippen molar-refractivity contribution in [3.05, 3.63) is 35.4 Å². The number of benzene rings is 1. The van der Waals surface area contributed by atoms with Gasteiger partial charge in [-0.05, 0) is 43.0 Å². The van der Waals surface area contributed by atoms with Gasteiger partial charge < -0.3 is 5.32 Å². The van der Waals surface area contributed by atoms with Gasteiger partial charge in [0, 0.05) is 0 Å². The van der Waals surface area contributed by atoms with Gasteiger partial charge in [0.25, 0.3) is 0 Å². The molecule has 0 saturated carbocycles. The molecule has 1 aliphatic heterocycles.